The molecule has 0 unspecified atom stereocenters. The first-order chi connectivity index (χ1) is 15.8. The van der Waals surface area contributed by atoms with Crippen LogP contribution in [0, 0.1) is 0 Å². The molecule has 1 atom stereocenters. The first-order valence-electron chi connectivity index (χ1n) is 11.7. The van der Waals surface area contributed by atoms with E-state index in [9.17, 15) is 13.2 Å². The molecule has 2 fully saturated rings. The number of ether oxygens (including phenoxy) is 1. The lowest BCUT2D eigenvalue weighted by atomic mass is 10.2. The van der Waals surface area contributed by atoms with Crippen molar-refractivity contribution in [2.24, 2.45) is 0 Å². The molecule has 2 aromatic rings. The number of amides is 1. The number of thiophene rings is 1. The second-order valence-electron chi connectivity index (χ2n) is 8.98. The van der Waals surface area contributed by atoms with Crippen molar-refractivity contribution >= 4 is 33.0 Å². The van der Waals surface area contributed by atoms with Crippen LogP contribution in [0.25, 0.3) is 0 Å². The van der Waals surface area contributed by atoms with Crippen LogP contribution in [0.15, 0.2) is 40.6 Å². The van der Waals surface area contributed by atoms with Gasteiger partial charge in [-0.2, -0.15) is 4.31 Å². The minimum absolute atomic E-state index is 0.105. The number of nitrogens with one attached hydrogen (secondary N) is 1. The third kappa shape index (κ3) is 5.77. The van der Waals surface area contributed by atoms with Gasteiger partial charge in [-0.25, -0.2) is 8.42 Å². The molecule has 2 aliphatic rings. The van der Waals surface area contributed by atoms with Gasteiger partial charge < -0.3 is 10.1 Å². The SMILES string of the molecule is CC(C)Oc1ccc(S(=O)(=O)N2CCCCC2)cc1NC(=O)CN1CCC[C@H]1c1cccs1. The number of benzene rings is 1. The van der Waals surface area contributed by atoms with Crippen LogP contribution in [0.2, 0.25) is 0 Å². The predicted molar refractivity (Wildman–Crippen MR) is 131 cm³/mol. The van der Waals surface area contributed by atoms with E-state index in [2.05, 4.69) is 21.7 Å². The zero-order chi connectivity index (χ0) is 23.4. The summed E-state index contributed by atoms with van der Waals surface area (Å²) in [6.45, 7) is 6.00. The molecule has 3 heterocycles. The van der Waals surface area contributed by atoms with Crippen molar-refractivity contribution in [3.05, 3.63) is 40.6 Å². The quantitative estimate of drug-likeness (QED) is 0.589. The highest BCUT2D eigenvalue weighted by Gasteiger charge is 2.30. The van der Waals surface area contributed by atoms with Crippen molar-refractivity contribution in [3.63, 3.8) is 0 Å². The summed E-state index contributed by atoms with van der Waals surface area (Å²) < 4.78 is 33.8. The van der Waals surface area contributed by atoms with E-state index in [1.54, 1.807) is 29.5 Å². The maximum absolute atomic E-state index is 13.2. The first kappa shape index (κ1) is 24.2. The summed E-state index contributed by atoms with van der Waals surface area (Å²) in [7, 11) is -3.61. The molecule has 4 rings (SSSR count). The number of sulfonamides is 1. The van der Waals surface area contributed by atoms with E-state index < -0.39 is 10.0 Å². The Kier molecular flexibility index (Phi) is 7.73. The van der Waals surface area contributed by atoms with Crippen LogP contribution in [-0.2, 0) is 14.8 Å². The Balaban J connectivity index is 1.53. The van der Waals surface area contributed by atoms with Gasteiger partial charge in [0.1, 0.15) is 5.75 Å². The number of carbonyl (C=O) groups excluding carboxylic acids is 1. The number of hydrogen-bond acceptors (Lipinski definition) is 6. The van der Waals surface area contributed by atoms with Crippen molar-refractivity contribution in [1.29, 1.82) is 0 Å². The van der Waals surface area contributed by atoms with Crippen LogP contribution in [-0.4, -0.2) is 55.8 Å². The van der Waals surface area contributed by atoms with Gasteiger partial charge in [0.25, 0.3) is 0 Å². The van der Waals surface area contributed by atoms with E-state index in [-0.39, 0.29) is 29.5 Å². The minimum Gasteiger partial charge on any atom is -0.489 e. The minimum atomic E-state index is -3.61. The standard InChI is InChI=1S/C24H33N3O4S2/c1-18(2)31-22-11-10-19(33(29,30)27-13-4-3-5-14-27)16-20(22)25-24(28)17-26-12-6-8-21(26)23-9-7-15-32-23/h7,9-11,15-16,18,21H,3-6,8,12-14,17H2,1-2H3,(H,25,28)/t21-/m0/s1. The molecule has 180 valence electrons. The number of likely N-dealkylation sites (tertiary alicyclic amines) is 1. The van der Waals surface area contributed by atoms with Gasteiger partial charge in [0.15, 0.2) is 0 Å². The van der Waals surface area contributed by atoms with Crippen LogP contribution in [0.3, 0.4) is 0 Å². The largest absolute Gasteiger partial charge is 0.489 e. The monoisotopic (exact) mass is 491 g/mol. The number of rotatable bonds is 8. The Morgan fingerprint density at radius 2 is 1.94 bits per heavy atom. The van der Waals surface area contributed by atoms with Crippen LogP contribution >= 0.6 is 11.3 Å². The summed E-state index contributed by atoms with van der Waals surface area (Å²) in [6, 6.07) is 9.19. The van der Waals surface area contributed by atoms with Crippen molar-refractivity contribution in [1.82, 2.24) is 9.21 Å². The molecule has 0 radical (unpaired) electrons. The summed E-state index contributed by atoms with van der Waals surface area (Å²) >= 11 is 1.72. The van der Waals surface area contributed by atoms with Gasteiger partial charge in [0.2, 0.25) is 15.9 Å². The van der Waals surface area contributed by atoms with Crippen molar-refractivity contribution in [2.75, 3.05) is 31.5 Å². The van der Waals surface area contributed by atoms with Gasteiger partial charge in [0, 0.05) is 24.0 Å². The Bertz CT molecular complexity index is 1050. The molecule has 1 N–H and O–H groups in total. The summed E-state index contributed by atoms with van der Waals surface area (Å²) in [5, 5.41) is 5.00. The fourth-order valence-electron chi connectivity index (χ4n) is 4.57. The summed E-state index contributed by atoms with van der Waals surface area (Å²) in [5.41, 5.74) is 0.402. The number of hydrogen-bond donors (Lipinski definition) is 1. The molecule has 0 aliphatic carbocycles. The lowest BCUT2D eigenvalue weighted by molar-refractivity contribution is -0.117. The predicted octanol–water partition coefficient (Wildman–Crippen LogP) is 4.49. The van der Waals surface area contributed by atoms with Crippen molar-refractivity contribution in [3.8, 4) is 5.75 Å². The lowest BCUT2D eigenvalue weighted by Crippen LogP contribution is -2.35. The molecule has 7 nitrogen and oxygen atoms in total. The van der Waals surface area contributed by atoms with Gasteiger partial charge in [-0.05, 0) is 75.7 Å². The lowest BCUT2D eigenvalue weighted by Gasteiger charge is -2.26. The molecule has 2 aliphatic heterocycles. The number of piperidine rings is 1. The highest BCUT2D eigenvalue weighted by molar-refractivity contribution is 7.89. The Hall–Kier alpha value is -1.94. The number of carbonyl (C=O) groups is 1. The number of anilines is 1. The van der Waals surface area contributed by atoms with Gasteiger partial charge in [-0.15, -0.1) is 11.3 Å². The zero-order valence-electron chi connectivity index (χ0n) is 19.3. The highest BCUT2D eigenvalue weighted by Crippen LogP contribution is 2.35. The summed E-state index contributed by atoms with van der Waals surface area (Å²) in [6.07, 6.45) is 4.79. The van der Waals surface area contributed by atoms with E-state index in [0.29, 0.717) is 24.5 Å². The van der Waals surface area contributed by atoms with Gasteiger partial charge in [0.05, 0.1) is 23.2 Å². The fourth-order valence-corrected chi connectivity index (χ4v) is 7.01. The van der Waals surface area contributed by atoms with Crippen molar-refractivity contribution in [2.45, 2.75) is 63.0 Å². The Labute approximate surface area is 200 Å². The molecular formula is C24H33N3O4S2. The number of nitrogens with zero attached hydrogens (tertiary/aromatic N) is 2. The second kappa shape index (κ2) is 10.5. The topological polar surface area (TPSA) is 79.0 Å². The van der Waals surface area contributed by atoms with Gasteiger partial charge >= 0.3 is 0 Å². The molecule has 0 saturated carbocycles. The van der Waals surface area contributed by atoms with Crippen LogP contribution in [0.1, 0.15) is 56.9 Å². The van der Waals surface area contributed by atoms with Crippen LogP contribution in [0.4, 0.5) is 5.69 Å². The average molecular weight is 492 g/mol. The fraction of sp³-hybridized carbons (Fsp3) is 0.542. The second-order valence-corrected chi connectivity index (χ2v) is 11.9. The molecule has 9 heteroatoms. The summed E-state index contributed by atoms with van der Waals surface area (Å²) in [5.74, 6) is 0.312. The maximum atomic E-state index is 13.2. The Morgan fingerprint density at radius 1 is 1.15 bits per heavy atom. The van der Waals surface area contributed by atoms with E-state index in [1.165, 1.54) is 9.18 Å². The normalized spacial score (nSPS) is 20.3. The molecule has 2 saturated heterocycles. The third-order valence-electron chi connectivity index (χ3n) is 6.12. The molecule has 0 bridgehead atoms. The maximum Gasteiger partial charge on any atom is 0.243 e. The highest BCUT2D eigenvalue weighted by atomic mass is 32.2. The smallest absolute Gasteiger partial charge is 0.243 e. The Morgan fingerprint density at radius 3 is 2.64 bits per heavy atom. The molecule has 1 amide bonds. The summed E-state index contributed by atoms with van der Waals surface area (Å²) in [4.78, 5) is 16.7. The molecule has 1 aromatic heterocycles. The van der Waals surface area contributed by atoms with E-state index >= 15 is 0 Å². The van der Waals surface area contributed by atoms with Crippen molar-refractivity contribution < 1.29 is 17.9 Å². The van der Waals surface area contributed by atoms with Gasteiger partial charge in [-0.3, -0.25) is 9.69 Å². The molecule has 33 heavy (non-hydrogen) atoms. The first-order valence-corrected chi connectivity index (χ1v) is 14.0. The average Bonchev–Trinajstić information content (AvgIpc) is 3.47. The van der Waals surface area contributed by atoms with E-state index in [4.69, 9.17) is 4.74 Å². The van der Waals surface area contributed by atoms with Gasteiger partial charge in [-0.1, -0.05) is 12.5 Å². The molecule has 1 aromatic carbocycles. The molecule has 0 spiro atoms. The van der Waals surface area contributed by atoms with E-state index in [0.717, 1.165) is 38.6 Å². The van der Waals surface area contributed by atoms with E-state index in [1.807, 2.05) is 19.9 Å². The van der Waals surface area contributed by atoms with Crippen LogP contribution in [0.5, 0.6) is 5.75 Å². The van der Waals surface area contributed by atoms with Crippen LogP contribution < -0.4 is 10.1 Å². The third-order valence-corrected chi connectivity index (χ3v) is 8.99. The molecular weight excluding hydrogens is 458 g/mol. The zero-order valence-corrected chi connectivity index (χ0v) is 21.0.